The first-order chi connectivity index (χ1) is 17.0. The van der Waals surface area contributed by atoms with Gasteiger partial charge in [0, 0.05) is 19.1 Å². The van der Waals surface area contributed by atoms with Crippen molar-refractivity contribution in [1.29, 1.82) is 0 Å². The fourth-order valence-electron chi connectivity index (χ4n) is 3.89. The van der Waals surface area contributed by atoms with E-state index in [2.05, 4.69) is 4.74 Å². The molecule has 2 aromatic rings. The maximum absolute atomic E-state index is 11.2. The van der Waals surface area contributed by atoms with Crippen molar-refractivity contribution in [3.8, 4) is 34.5 Å². The molecule has 4 rings (SSSR count). The van der Waals surface area contributed by atoms with Crippen molar-refractivity contribution in [2.75, 3.05) is 6.61 Å². The summed E-state index contributed by atoms with van der Waals surface area (Å²) in [6.07, 6.45) is -7.88. The van der Waals surface area contributed by atoms with Crippen molar-refractivity contribution >= 4 is 12.0 Å². The van der Waals surface area contributed by atoms with Gasteiger partial charge in [0.2, 0.25) is 6.29 Å². The number of aliphatic hydroxyl groups excluding tert-OH is 3. The minimum absolute atomic E-state index is 0.102. The van der Waals surface area contributed by atoms with Crippen molar-refractivity contribution in [2.45, 2.75) is 43.7 Å². The van der Waals surface area contributed by atoms with Gasteiger partial charge in [0.15, 0.2) is 23.0 Å². The predicted octanol–water partition coefficient (Wildman–Crippen LogP) is -0.0610. The van der Waals surface area contributed by atoms with Crippen LogP contribution in [0.25, 0.3) is 6.08 Å². The third-order valence-electron chi connectivity index (χ3n) is 5.72. The Morgan fingerprint density at radius 3 is 2.25 bits per heavy atom. The molecule has 0 radical (unpaired) electrons. The molecule has 194 valence electrons. The molecule has 0 amide bonds. The Bertz CT molecular complexity index is 1170. The molecule has 2 aliphatic rings. The maximum Gasteiger partial charge on any atom is 0.302 e. The number of phenolic OH excluding ortho intramolecular Hbond substituents is 5. The van der Waals surface area contributed by atoms with Crippen molar-refractivity contribution in [3.63, 3.8) is 0 Å². The van der Waals surface area contributed by atoms with E-state index < -0.39 is 66.6 Å². The van der Waals surface area contributed by atoms with Gasteiger partial charge >= 0.3 is 5.97 Å². The lowest BCUT2D eigenvalue weighted by molar-refractivity contribution is -0.296. The van der Waals surface area contributed by atoms with E-state index in [0.717, 1.165) is 25.1 Å². The highest BCUT2D eigenvalue weighted by molar-refractivity contribution is 5.69. The van der Waals surface area contributed by atoms with Crippen LogP contribution in [0.2, 0.25) is 0 Å². The molecule has 1 fully saturated rings. The number of fused-ring (bicyclic) bond motifs is 1. The van der Waals surface area contributed by atoms with Gasteiger partial charge in [0.05, 0.1) is 11.6 Å². The minimum Gasteiger partial charge on any atom is -0.571 e. The number of aromatic hydroxyl groups is 6. The van der Waals surface area contributed by atoms with Gasteiger partial charge in [-0.3, -0.25) is 4.79 Å². The van der Waals surface area contributed by atoms with Crippen LogP contribution in [0.1, 0.15) is 24.2 Å². The molecule has 6 atom stereocenters. The molecule has 36 heavy (non-hydrogen) atoms. The van der Waals surface area contributed by atoms with Crippen LogP contribution in [0.3, 0.4) is 0 Å². The molecule has 0 saturated carbocycles. The van der Waals surface area contributed by atoms with Gasteiger partial charge < -0.3 is 59.8 Å². The number of aliphatic hydroxyl groups is 4. The van der Waals surface area contributed by atoms with Crippen LogP contribution >= 0.6 is 0 Å². The Balaban J connectivity index is 1.72. The summed E-state index contributed by atoms with van der Waals surface area (Å²) >= 11 is 0. The predicted molar refractivity (Wildman–Crippen MR) is 118 cm³/mol. The van der Waals surface area contributed by atoms with Crippen molar-refractivity contribution in [2.24, 2.45) is 0 Å². The van der Waals surface area contributed by atoms with Crippen LogP contribution in [0.4, 0.5) is 0 Å². The quantitative estimate of drug-likeness (QED) is 0.151. The van der Waals surface area contributed by atoms with E-state index in [0.29, 0.717) is 0 Å². The minimum atomic E-state index is -1.77. The number of phenols is 5. The second-order valence-corrected chi connectivity index (χ2v) is 8.32. The van der Waals surface area contributed by atoms with E-state index >= 15 is 0 Å². The summed E-state index contributed by atoms with van der Waals surface area (Å²) in [6, 6.07) is 4.49. The van der Waals surface area contributed by atoms with E-state index in [1.54, 1.807) is 0 Å². The first-order valence-electron chi connectivity index (χ1n) is 10.7. The number of ether oxygens (including phenoxy) is 4. The molecule has 1 unspecified atom stereocenters. The number of rotatable bonds is 5. The van der Waals surface area contributed by atoms with Gasteiger partial charge in [-0.25, -0.2) is 0 Å². The molecule has 0 aliphatic carbocycles. The van der Waals surface area contributed by atoms with Crippen LogP contribution < -0.4 is 0 Å². The van der Waals surface area contributed by atoms with E-state index in [4.69, 9.17) is 14.2 Å². The molecule has 9 N–H and O–H groups in total. The van der Waals surface area contributed by atoms with Gasteiger partial charge in [-0.2, -0.15) is 0 Å². The lowest BCUT2D eigenvalue weighted by Gasteiger charge is -2.40. The molecular weight excluding hydrogens is 484 g/mol. The highest BCUT2D eigenvalue weighted by Gasteiger charge is 2.47. The third-order valence-corrected chi connectivity index (χ3v) is 5.72. The topological polar surface area (TPSA) is 219 Å². The second kappa shape index (κ2) is 9.62. The molecule has 0 spiro atoms. The van der Waals surface area contributed by atoms with Gasteiger partial charge in [-0.1, -0.05) is 0 Å². The lowest BCUT2D eigenvalue weighted by Crippen LogP contribution is -2.59. The molecule has 1 saturated heterocycles. The maximum atomic E-state index is 11.2. The smallest absolute Gasteiger partial charge is 0.302 e. The molecule has 2 aromatic carbocycles. The number of benzene rings is 2. The van der Waals surface area contributed by atoms with Crippen LogP contribution in [0.15, 0.2) is 30.0 Å². The van der Waals surface area contributed by atoms with Crippen LogP contribution in [-0.2, 0) is 19.0 Å². The van der Waals surface area contributed by atoms with E-state index in [1.807, 2.05) is 0 Å². The third kappa shape index (κ3) is 4.77. The highest BCUT2D eigenvalue weighted by atomic mass is 16.7. The van der Waals surface area contributed by atoms with Crippen molar-refractivity contribution < 1.29 is 64.6 Å². The van der Waals surface area contributed by atoms with Crippen LogP contribution in [-0.4, -0.2) is 88.9 Å². The zero-order valence-corrected chi connectivity index (χ0v) is 18.7. The average Bonchev–Trinajstić information content (AvgIpc) is 2.81. The van der Waals surface area contributed by atoms with E-state index in [9.17, 15) is 45.6 Å². The molecular formula is C23H25O13+. The molecule has 0 bridgehead atoms. The summed E-state index contributed by atoms with van der Waals surface area (Å²) in [5.41, 5.74) is 0.221. The summed E-state index contributed by atoms with van der Waals surface area (Å²) in [7, 11) is 0. The van der Waals surface area contributed by atoms with E-state index in [-0.39, 0.29) is 34.1 Å². The Hall–Kier alpha value is -3.91. The second-order valence-electron chi connectivity index (χ2n) is 8.32. The molecule has 2 aliphatic heterocycles. The number of esters is 1. The fourth-order valence-corrected chi connectivity index (χ4v) is 3.89. The normalized spacial score (nSPS) is 27.4. The first-order valence-corrected chi connectivity index (χ1v) is 10.7. The van der Waals surface area contributed by atoms with Gasteiger partial charge in [0.1, 0.15) is 48.1 Å². The Morgan fingerprint density at radius 1 is 0.944 bits per heavy atom. The lowest BCUT2D eigenvalue weighted by atomic mass is 9.98. The van der Waals surface area contributed by atoms with Gasteiger partial charge in [-0.05, 0) is 12.1 Å². The number of hydrogen-bond acceptors (Lipinski definition) is 12. The highest BCUT2D eigenvalue weighted by Crippen LogP contribution is 2.47. The Kier molecular flexibility index (Phi) is 6.73. The van der Waals surface area contributed by atoms with Gasteiger partial charge in [0.25, 0.3) is 11.9 Å². The largest absolute Gasteiger partial charge is 0.571 e. The molecule has 13 nitrogen and oxygen atoms in total. The standard InChI is InChI=1S/C23H24O13/c1-8(24)33-7-17-19(30)20(31)21(32)23(36-17)35-16-6-11-12(26)4-10(25)5-15(11)34-22(16)9-2-13(27)18(29)14(28)3-9/h2-6,17,19-23,25-32H,7H2,1H3/p+1/t17-,19+,20+,21-,22?,23-/m1/s1. The molecule has 2 heterocycles. The molecule has 13 heteroatoms. The molecule has 0 aromatic heterocycles. The first kappa shape index (κ1) is 25.2. The van der Waals surface area contributed by atoms with E-state index in [1.165, 1.54) is 12.1 Å². The summed E-state index contributed by atoms with van der Waals surface area (Å²) in [5.74, 6) is -3.42. The zero-order valence-electron chi connectivity index (χ0n) is 18.7. The number of hydrogen-bond donors (Lipinski definition) is 8. The van der Waals surface area contributed by atoms with Crippen molar-refractivity contribution in [3.05, 3.63) is 41.2 Å². The van der Waals surface area contributed by atoms with Crippen molar-refractivity contribution in [1.82, 2.24) is 0 Å². The van der Waals surface area contributed by atoms with Gasteiger partial charge in [-0.15, -0.1) is 0 Å². The zero-order chi connectivity index (χ0) is 26.3. The van der Waals surface area contributed by atoms with Crippen LogP contribution in [0, 0.1) is 0 Å². The van der Waals surface area contributed by atoms with Crippen LogP contribution in [0.5, 0.6) is 34.5 Å². The number of carbonyl (C=O) groups excluding carboxylic acids is 1. The Morgan fingerprint density at radius 2 is 1.61 bits per heavy atom. The fraction of sp³-hybridized carbons (Fsp3) is 0.348. The summed E-state index contributed by atoms with van der Waals surface area (Å²) in [6.45, 7) is 0.688. The SMILES string of the molecule is CC(=O)OC[C@H]1O[C@@H](OC2=Cc3c(O)cc(O)cc3[OH+]C2c2cc(O)c(O)c(O)c2)[C@H](O)[C@@H](O)[C@H]1O. The average molecular weight is 509 g/mol. The summed E-state index contributed by atoms with van der Waals surface area (Å²) < 4.78 is 20.6. The summed E-state index contributed by atoms with van der Waals surface area (Å²) in [5, 5.41) is 80.8. The summed E-state index contributed by atoms with van der Waals surface area (Å²) in [4.78, 5) is 11.2. The monoisotopic (exact) mass is 509 g/mol. The number of carbonyl (C=O) groups is 1. The Labute approximate surface area is 203 Å².